The van der Waals surface area contributed by atoms with Gasteiger partial charge in [0.1, 0.15) is 22.3 Å². The van der Waals surface area contributed by atoms with Gasteiger partial charge in [-0.3, -0.25) is 0 Å². The Bertz CT molecular complexity index is 7650. The van der Waals surface area contributed by atoms with Crippen molar-refractivity contribution in [2.75, 3.05) is 0 Å². The fraction of sp³-hybridized carbons (Fsp3) is 0.0508. The van der Waals surface area contributed by atoms with Gasteiger partial charge in [-0.25, -0.2) is 39.9 Å². The van der Waals surface area contributed by atoms with Gasteiger partial charge in [-0.05, 0) is 122 Å². The van der Waals surface area contributed by atoms with Crippen LogP contribution in [-0.4, -0.2) is 58.2 Å². The van der Waals surface area contributed by atoms with E-state index < -0.39 is 18.3 Å². The number of halogens is 1. The first-order valence-corrected chi connectivity index (χ1v) is 44.9. The number of furan rings is 2. The molecule has 0 atom stereocenters. The number of rotatable bonds is 16. The van der Waals surface area contributed by atoms with Crippen molar-refractivity contribution in [2.24, 2.45) is 0 Å². The van der Waals surface area contributed by atoms with Crippen LogP contribution in [0.3, 0.4) is 0 Å². The molecule has 1 aliphatic heterocycles. The van der Waals surface area contributed by atoms with E-state index in [1.54, 1.807) is 0 Å². The summed E-state index contributed by atoms with van der Waals surface area (Å²) in [6.45, 7) is 8.30. The normalized spacial score (nSPS) is 12.6. The molecule has 0 aliphatic carbocycles. The minimum atomic E-state index is -0.505. The summed E-state index contributed by atoms with van der Waals surface area (Å²) in [6, 6.07) is 149. The van der Waals surface area contributed by atoms with Crippen LogP contribution >= 0.6 is 15.9 Å². The van der Waals surface area contributed by atoms with Crippen LogP contribution in [-0.2, 0) is 9.31 Å². The smallest absolute Gasteiger partial charge is 0.456 e. The van der Waals surface area contributed by atoms with E-state index in [2.05, 4.69) is 268 Å². The molecule has 1 fully saturated rings. The SMILES string of the molecule is Brc1ccc(-c2nc(-c3ccccc3)cc(-c3ccccc3)n2)cc1.CC1(C)OB(c2cc(-c3ccc(-c4cc(-c5ccccc5)nc(-c5ccccc5)n4)cc3)c3c(c2)oc2ccccc23)OC1(C)C.c1ccc(-c2cc(-c3ccc(-c4c(-c5ccc(-c6nc(-c7ccccc7)cc(-c7ccccc7)n6)cc5)ccc5oc6ccccc6c45)cc3)nc(-c3ccccc3)n2)cc1. The van der Waals surface area contributed by atoms with Gasteiger partial charge in [0.25, 0.3) is 0 Å². The molecule has 16 aromatic carbocycles. The lowest BCUT2D eigenvalue weighted by Gasteiger charge is -2.32. The minimum Gasteiger partial charge on any atom is -0.456 e. The van der Waals surface area contributed by atoms with E-state index in [9.17, 15) is 0 Å². The van der Waals surface area contributed by atoms with Gasteiger partial charge in [-0.15, -0.1) is 0 Å². The molecule has 0 radical (unpaired) electrons. The van der Waals surface area contributed by atoms with Gasteiger partial charge in [0.05, 0.1) is 56.8 Å². The Labute approximate surface area is 774 Å². The molecular formula is C118H84BBrN8O4. The summed E-state index contributed by atoms with van der Waals surface area (Å²) < 4.78 is 26.8. The zero-order valence-corrected chi connectivity index (χ0v) is 74.3. The van der Waals surface area contributed by atoms with Crippen LogP contribution in [0.25, 0.3) is 213 Å². The van der Waals surface area contributed by atoms with Gasteiger partial charge in [0.15, 0.2) is 23.3 Å². The molecule has 12 nitrogen and oxygen atoms in total. The zero-order valence-electron chi connectivity index (χ0n) is 72.7. The number of para-hydroxylation sites is 2. The maximum absolute atomic E-state index is 6.46. The van der Waals surface area contributed by atoms with Gasteiger partial charge in [-0.1, -0.05) is 392 Å². The quantitative estimate of drug-likeness (QED) is 0.0848. The van der Waals surface area contributed by atoms with Crippen LogP contribution in [0.2, 0.25) is 0 Å². The van der Waals surface area contributed by atoms with Crippen molar-refractivity contribution in [1.29, 1.82) is 0 Å². The second-order valence-electron chi connectivity index (χ2n) is 33.6. The average molecular weight is 1770 g/mol. The van der Waals surface area contributed by atoms with Crippen LogP contribution in [0.15, 0.2) is 450 Å². The van der Waals surface area contributed by atoms with E-state index >= 15 is 0 Å². The van der Waals surface area contributed by atoms with Gasteiger partial charge >= 0.3 is 7.12 Å². The van der Waals surface area contributed by atoms with E-state index in [-0.39, 0.29) is 0 Å². The third kappa shape index (κ3) is 17.3. The van der Waals surface area contributed by atoms with Gasteiger partial charge in [0.2, 0.25) is 0 Å². The van der Waals surface area contributed by atoms with Crippen molar-refractivity contribution in [1.82, 2.24) is 39.9 Å². The Morgan fingerprint density at radius 2 is 0.470 bits per heavy atom. The summed E-state index contributed by atoms with van der Waals surface area (Å²) in [6.07, 6.45) is 0. The molecule has 1 aliphatic rings. The first kappa shape index (κ1) is 82.9. The molecule has 0 N–H and O–H groups in total. The van der Waals surface area contributed by atoms with Gasteiger partial charge < -0.3 is 18.1 Å². The van der Waals surface area contributed by atoms with Crippen molar-refractivity contribution in [3.05, 3.63) is 441 Å². The Morgan fingerprint density at radius 1 is 0.212 bits per heavy atom. The fourth-order valence-corrected chi connectivity index (χ4v) is 17.2. The maximum atomic E-state index is 6.46. The van der Waals surface area contributed by atoms with Crippen LogP contribution in [0.5, 0.6) is 0 Å². The van der Waals surface area contributed by atoms with Crippen LogP contribution in [0.4, 0.5) is 0 Å². The number of nitrogens with zero attached hydrogens (tertiary/aromatic N) is 8. The molecule has 0 saturated carbocycles. The third-order valence-corrected chi connectivity index (χ3v) is 25.0. The summed E-state index contributed by atoms with van der Waals surface area (Å²) in [5.41, 5.74) is 29.2. The first-order valence-electron chi connectivity index (χ1n) is 44.1. The van der Waals surface area contributed by atoms with Crippen molar-refractivity contribution >= 4 is 72.4 Å². The highest BCUT2D eigenvalue weighted by molar-refractivity contribution is 9.10. The van der Waals surface area contributed by atoms with E-state index in [1.807, 2.05) is 212 Å². The highest BCUT2D eigenvalue weighted by Crippen LogP contribution is 2.46. The van der Waals surface area contributed by atoms with Crippen LogP contribution < -0.4 is 5.46 Å². The summed E-state index contributed by atoms with van der Waals surface area (Å²) in [7, 11) is -0.505. The number of aromatic nitrogens is 8. The molecule has 6 aromatic heterocycles. The second-order valence-corrected chi connectivity index (χ2v) is 34.5. The fourth-order valence-electron chi connectivity index (χ4n) is 16.9. The Kier molecular flexibility index (Phi) is 22.7. The minimum absolute atomic E-state index is 0.447. The lowest BCUT2D eigenvalue weighted by Crippen LogP contribution is -2.41. The van der Waals surface area contributed by atoms with Crippen molar-refractivity contribution < 1.29 is 18.1 Å². The summed E-state index contributed by atoms with van der Waals surface area (Å²) in [5.74, 6) is 2.79. The maximum Gasteiger partial charge on any atom is 0.494 e. The molecule has 0 unspecified atom stereocenters. The van der Waals surface area contributed by atoms with Gasteiger partial charge in [0, 0.05) is 98.3 Å². The molecule has 0 bridgehead atoms. The number of hydrogen-bond donors (Lipinski definition) is 0. The third-order valence-electron chi connectivity index (χ3n) is 24.5. The molecule has 1 saturated heterocycles. The number of benzene rings is 16. The van der Waals surface area contributed by atoms with Crippen molar-refractivity contribution in [3.63, 3.8) is 0 Å². The van der Waals surface area contributed by atoms with E-state index in [1.165, 1.54) is 0 Å². The van der Waals surface area contributed by atoms with Crippen molar-refractivity contribution in [2.45, 2.75) is 38.9 Å². The van der Waals surface area contributed by atoms with Crippen molar-refractivity contribution in [3.8, 4) is 169 Å². The zero-order chi connectivity index (χ0) is 89.1. The summed E-state index contributed by atoms with van der Waals surface area (Å²) in [5, 5.41) is 4.30. The van der Waals surface area contributed by atoms with Gasteiger partial charge in [-0.2, -0.15) is 0 Å². The highest BCUT2D eigenvalue weighted by Gasteiger charge is 2.52. The highest BCUT2D eigenvalue weighted by atomic mass is 79.9. The van der Waals surface area contributed by atoms with E-state index in [0.29, 0.717) is 17.5 Å². The summed E-state index contributed by atoms with van der Waals surface area (Å²) in [4.78, 5) is 39.8. The lowest BCUT2D eigenvalue weighted by molar-refractivity contribution is 0.00578. The lowest BCUT2D eigenvalue weighted by atomic mass is 9.77. The number of hydrogen-bond acceptors (Lipinski definition) is 12. The van der Waals surface area contributed by atoms with E-state index in [0.717, 1.165) is 205 Å². The molecule has 7 heterocycles. The predicted octanol–water partition coefficient (Wildman–Crippen LogP) is 30.1. The molecule has 0 spiro atoms. The molecule has 630 valence electrons. The second kappa shape index (κ2) is 36.2. The largest absolute Gasteiger partial charge is 0.494 e. The molecule has 0 amide bonds. The molecule has 22 aromatic rings. The first-order chi connectivity index (χ1) is 64.8. The standard InChI is InChI=1S/C56H36N4O.C40H33BN2O3.C22H15BrN2/c1-5-15-38(16-6-1)47-35-48(39-17-7-2-8-18-39)59-56(58-47)44-31-25-37(26-32-44)45-33-34-52-54(46-23-13-14-24-51(46)61-52)53(45)42-29-27-41(28-30-42)50-36-49(40-19-9-3-10-20-40)57-55(60-50)43-21-11-4-12-22-43;1-39(2)40(3,4)46-41(45-39)30-23-32(37-31-17-11-12-18-35(31)44-36(37)24-30)26-19-21-28(22-20-26)34-25-33(27-13-7-5-8-14-27)42-38(43-34)29-15-9-6-10-16-29;23-19-13-11-18(12-14-19)22-24-20(16-7-3-1-4-8-16)15-21(25-22)17-9-5-2-6-10-17/h1-36H;5-25H,1-4H3;1-15H. The predicted molar refractivity (Wildman–Crippen MR) is 541 cm³/mol. The molecule has 132 heavy (non-hydrogen) atoms. The topological polar surface area (TPSA) is 148 Å². The van der Waals surface area contributed by atoms with E-state index in [4.69, 9.17) is 58.0 Å². The van der Waals surface area contributed by atoms with Crippen LogP contribution in [0.1, 0.15) is 27.7 Å². The number of fused-ring (bicyclic) bond motifs is 6. The van der Waals surface area contributed by atoms with Crippen LogP contribution in [0, 0.1) is 0 Å². The Morgan fingerprint density at radius 3 is 0.818 bits per heavy atom. The summed E-state index contributed by atoms with van der Waals surface area (Å²) >= 11 is 3.48. The average Bonchev–Trinajstić information content (AvgIpc) is 1.59. The Hall–Kier alpha value is -16.1. The molecule has 14 heteroatoms. The molecular weight excluding hydrogens is 1680 g/mol. The molecule has 23 rings (SSSR count). The Balaban J connectivity index is 0.000000130. The monoisotopic (exact) mass is 1770 g/mol.